The van der Waals surface area contributed by atoms with Gasteiger partial charge in [0.25, 0.3) is 0 Å². The Balaban J connectivity index is 1.16. The van der Waals surface area contributed by atoms with E-state index in [9.17, 15) is 4.79 Å². The van der Waals surface area contributed by atoms with Crippen LogP contribution in [0.15, 0.2) is 72.3 Å². The largest absolute Gasteiger partial charge is 0.303 e. The van der Waals surface area contributed by atoms with Crippen LogP contribution in [0.4, 0.5) is 0 Å². The first-order valence-corrected chi connectivity index (χ1v) is 15.5. The molecule has 3 nitrogen and oxygen atoms in total. The minimum atomic E-state index is 0.327. The Labute approximate surface area is 238 Å². The topological polar surface area (TPSA) is 23.6 Å². The molecular weight excluding hydrogens is 476 g/mol. The summed E-state index contributed by atoms with van der Waals surface area (Å²) in [6, 6.07) is 17.3. The van der Waals surface area contributed by atoms with Crippen molar-refractivity contribution in [3.8, 4) is 0 Å². The standard InChI is InChI=1S/C36H50N2O/c1-4-9-29(2)14-15-30(3)27-37-22-18-31(19-23-37)12-8-13-36(39)35-17-16-33-20-24-38(25-21-34(33)26-35)28-32-10-6-5-7-11-32/h5-7,9-11,14-17,26,30-31H,4,8,12-13,18-25,27-28H2,1-3H3/b15-14-,29-9-. The molecule has 0 N–H and O–H groups in total. The van der Waals surface area contributed by atoms with Gasteiger partial charge in [0.1, 0.15) is 0 Å². The van der Waals surface area contributed by atoms with Crippen LogP contribution in [0.2, 0.25) is 0 Å². The molecule has 2 aliphatic rings. The molecule has 0 saturated carbocycles. The van der Waals surface area contributed by atoms with E-state index in [0.717, 1.165) is 63.3 Å². The van der Waals surface area contributed by atoms with Gasteiger partial charge in [-0.25, -0.2) is 0 Å². The molecule has 4 rings (SSSR count). The van der Waals surface area contributed by atoms with Gasteiger partial charge in [-0.3, -0.25) is 9.69 Å². The van der Waals surface area contributed by atoms with Crippen molar-refractivity contribution in [1.82, 2.24) is 9.80 Å². The number of rotatable bonds is 12. The molecule has 0 aromatic heterocycles. The third-order valence-electron chi connectivity index (χ3n) is 8.66. The highest BCUT2D eigenvalue weighted by Gasteiger charge is 2.21. The van der Waals surface area contributed by atoms with E-state index in [1.165, 1.54) is 54.6 Å². The first kappa shape index (κ1) is 29.5. The molecular formula is C36H50N2O. The molecule has 0 radical (unpaired) electrons. The average molecular weight is 527 g/mol. The second kappa shape index (κ2) is 15.3. The van der Waals surface area contributed by atoms with E-state index in [1.54, 1.807) is 0 Å². The van der Waals surface area contributed by atoms with Crippen LogP contribution in [-0.4, -0.2) is 48.3 Å². The fraction of sp³-hybridized carbons (Fsp3) is 0.528. The number of benzene rings is 2. The van der Waals surface area contributed by atoms with Crippen molar-refractivity contribution in [2.24, 2.45) is 11.8 Å². The predicted molar refractivity (Wildman–Crippen MR) is 165 cm³/mol. The van der Waals surface area contributed by atoms with Crippen LogP contribution < -0.4 is 0 Å². The normalized spacial score (nSPS) is 18.7. The van der Waals surface area contributed by atoms with E-state index in [0.29, 0.717) is 18.1 Å². The summed E-state index contributed by atoms with van der Waals surface area (Å²) in [5.74, 6) is 1.69. The van der Waals surface area contributed by atoms with Gasteiger partial charge in [0.15, 0.2) is 5.78 Å². The summed E-state index contributed by atoms with van der Waals surface area (Å²) in [4.78, 5) is 18.2. The number of likely N-dealkylation sites (tertiary alicyclic amines) is 1. The maximum Gasteiger partial charge on any atom is 0.162 e. The molecule has 0 amide bonds. The number of carbonyl (C=O) groups excluding carboxylic acids is 1. The minimum absolute atomic E-state index is 0.327. The number of ketones is 1. The first-order chi connectivity index (χ1) is 19.0. The van der Waals surface area contributed by atoms with Gasteiger partial charge in [0, 0.05) is 38.2 Å². The second-order valence-corrected chi connectivity index (χ2v) is 12.0. The number of fused-ring (bicyclic) bond motifs is 1. The maximum atomic E-state index is 13.1. The molecule has 0 bridgehead atoms. The highest BCUT2D eigenvalue weighted by Crippen LogP contribution is 2.25. The third kappa shape index (κ3) is 9.58. The number of allylic oxidation sites excluding steroid dienone is 3. The van der Waals surface area contributed by atoms with Gasteiger partial charge in [-0.05, 0) is 99.6 Å². The number of carbonyl (C=O) groups is 1. The summed E-state index contributed by atoms with van der Waals surface area (Å²) in [7, 11) is 0. The number of hydrogen-bond acceptors (Lipinski definition) is 3. The fourth-order valence-electron chi connectivity index (χ4n) is 6.27. The molecule has 2 aromatic rings. The Hall–Kier alpha value is -2.49. The molecule has 2 aromatic carbocycles. The molecule has 1 fully saturated rings. The highest BCUT2D eigenvalue weighted by molar-refractivity contribution is 5.96. The van der Waals surface area contributed by atoms with Crippen LogP contribution in [0, 0.1) is 11.8 Å². The Morgan fingerprint density at radius 3 is 2.46 bits per heavy atom. The van der Waals surface area contributed by atoms with E-state index in [4.69, 9.17) is 0 Å². The van der Waals surface area contributed by atoms with E-state index in [1.807, 2.05) is 0 Å². The van der Waals surface area contributed by atoms with Crippen LogP contribution in [-0.2, 0) is 19.4 Å². The lowest BCUT2D eigenvalue weighted by Gasteiger charge is -2.33. The van der Waals surface area contributed by atoms with E-state index in [-0.39, 0.29) is 0 Å². The Morgan fingerprint density at radius 1 is 0.974 bits per heavy atom. The summed E-state index contributed by atoms with van der Waals surface area (Å²) < 4.78 is 0. The highest BCUT2D eigenvalue weighted by atomic mass is 16.1. The van der Waals surface area contributed by atoms with Gasteiger partial charge in [-0.15, -0.1) is 0 Å². The zero-order valence-corrected chi connectivity index (χ0v) is 24.7. The van der Waals surface area contributed by atoms with Crippen molar-refractivity contribution in [2.45, 2.75) is 78.7 Å². The van der Waals surface area contributed by atoms with Crippen molar-refractivity contribution >= 4 is 5.78 Å². The van der Waals surface area contributed by atoms with Crippen molar-refractivity contribution in [1.29, 1.82) is 0 Å². The van der Waals surface area contributed by atoms with Gasteiger partial charge >= 0.3 is 0 Å². The summed E-state index contributed by atoms with van der Waals surface area (Å²) in [6.45, 7) is 13.4. The minimum Gasteiger partial charge on any atom is -0.303 e. The first-order valence-electron chi connectivity index (χ1n) is 15.5. The van der Waals surface area contributed by atoms with Gasteiger partial charge in [-0.2, -0.15) is 0 Å². The number of Topliss-reactive ketones (excluding diaryl/α,β-unsaturated/α-hetero) is 1. The molecule has 2 aliphatic heterocycles. The summed E-state index contributed by atoms with van der Waals surface area (Å²) >= 11 is 0. The molecule has 2 heterocycles. The fourth-order valence-corrected chi connectivity index (χ4v) is 6.27. The van der Waals surface area contributed by atoms with Crippen LogP contribution in [0.1, 0.15) is 86.3 Å². The summed E-state index contributed by atoms with van der Waals surface area (Å²) in [6.07, 6.45) is 15.6. The van der Waals surface area contributed by atoms with Gasteiger partial charge in [0.05, 0.1) is 0 Å². The van der Waals surface area contributed by atoms with Gasteiger partial charge in [-0.1, -0.05) is 80.1 Å². The monoisotopic (exact) mass is 526 g/mol. The SMILES string of the molecule is CC/C=C(C)\C=C/C(C)CN1CCC(CCCC(=O)c2ccc3c(c2)CCN(Cc2ccccc2)CC3)CC1. The lowest BCUT2D eigenvalue weighted by Crippen LogP contribution is -2.36. The molecule has 3 heteroatoms. The molecule has 1 unspecified atom stereocenters. The predicted octanol–water partition coefficient (Wildman–Crippen LogP) is 7.90. The van der Waals surface area contributed by atoms with Crippen LogP contribution in [0.25, 0.3) is 0 Å². The van der Waals surface area contributed by atoms with Gasteiger partial charge in [0.2, 0.25) is 0 Å². The molecule has 1 saturated heterocycles. The lowest BCUT2D eigenvalue weighted by molar-refractivity contribution is 0.0974. The molecule has 39 heavy (non-hydrogen) atoms. The second-order valence-electron chi connectivity index (χ2n) is 12.0. The summed E-state index contributed by atoms with van der Waals surface area (Å²) in [5.41, 5.74) is 6.47. The lowest BCUT2D eigenvalue weighted by atomic mass is 9.90. The third-order valence-corrected chi connectivity index (χ3v) is 8.66. The molecule has 0 aliphatic carbocycles. The van der Waals surface area contributed by atoms with Crippen LogP contribution in [0.5, 0.6) is 0 Å². The average Bonchev–Trinajstić information content (AvgIpc) is 3.15. The zero-order chi connectivity index (χ0) is 27.5. The zero-order valence-electron chi connectivity index (χ0n) is 24.7. The smallest absolute Gasteiger partial charge is 0.162 e. The van der Waals surface area contributed by atoms with Crippen LogP contribution >= 0.6 is 0 Å². The van der Waals surface area contributed by atoms with E-state index < -0.39 is 0 Å². The van der Waals surface area contributed by atoms with Crippen molar-refractivity contribution in [3.63, 3.8) is 0 Å². The van der Waals surface area contributed by atoms with Crippen molar-refractivity contribution in [2.75, 3.05) is 32.7 Å². The quantitative estimate of drug-likeness (QED) is 0.207. The molecule has 210 valence electrons. The van der Waals surface area contributed by atoms with Gasteiger partial charge < -0.3 is 4.90 Å². The Morgan fingerprint density at radius 2 is 1.72 bits per heavy atom. The van der Waals surface area contributed by atoms with Crippen molar-refractivity contribution < 1.29 is 4.79 Å². The van der Waals surface area contributed by atoms with Crippen LogP contribution in [0.3, 0.4) is 0 Å². The number of nitrogens with zero attached hydrogens (tertiary/aromatic N) is 2. The summed E-state index contributed by atoms with van der Waals surface area (Å²) in [5, 5.41) is 0. The van der Waals surface area contributed by atoms with E-state index >= 15 is 0 Å². The Bertz CT molecular complexity index is 1090. The van der Waals surface area contributed by atoms with Crippen molar-refractivity contribution in [3.05, 3.63) is 94.6 Å². The number of hydrogen-bond donors (Lipinski definition) is 0. The number of piperidine rings is 1. The molecule has 1 atom stereocenters. The maximum absolute atomic E-state index is 13.1. The van der Waals surface area contributed by atoms with E-state index in [2.05, 4.69) is 97.3 Å². The molecule has 0 spiro atoms. The Kier molecular flexibility index (Phi) is 11.6.